The summed E-state index contributed by atoms with van der Waals surface area (Å²) in [4.78, 5) is 71.2. The van der Waals surface area contributed by atoms with Gasteiger partial charge in [0.05, 0.1) is 35.2 Å². The summed E-state index contributed by atoms with van der Waals surface area (Å²) in [5.41, 5.74) is -2.75. The number of alkyl carbamates (subject to hydrolysis) is 1. The Bertz CT molecular complexity index is 2110. The Morgan fingerprint density at radius 1 is 1.09 bits per heavy atom. The number of aromatic nitrogens is 2. The topological polar surface area (TPSA) is 204 Å². The first-order valence-electron chi connectivity index (χ1n) is 19.8. The van der Waals surface area contributed by atoms with Gasteiger partial charge in [0.2, 0.25) is 27.7 Å². The number of hydrogen-bond donors (Lipinski definition) is 3. The molecule has 0 spiro atoms. The van der Waals surface area contributed by atoms with Gasteiger partial charge in [0.1, 0.15) is 29.3 Å². The SMILES string of the molecule is COCCn1nc(O[C@@H]2C[C@H]3C(=O)N[C@]4(C(=O)NS(=O)(=O)C5(C)CC5)C[C@H]4/C=C\CC[C@H](C)C[C@@H](C)[C@H](NC(=O)OC(C)(C)C)C(=O)N3C2)c2ccccc2c1=O.[HH].[HH].[HH]. The Labute approximate surface area is 337 Å². The van der Waals surface area contributed by atoms with Gasteiger partial charge in [-0.15, -0.1) is 5.10 Å². The van der Waals surface area contributed by atoms with E-state index in [1.54, 1.807) is 52.0 Å². The Morgan fingerprint density at radius 3 is 2.46 bits per heavy atom. The average Bonchev–Trinajstić information content (AvgIpc) is 4.02. The minimum atomic E-state index is -4.03. The van der Waals surface area contributed by atoms with E-state index in [1.807, 2.05) is 19.1 Å². The standard InChI is InChI=1S/C40H56N6O10S.3H2/c1-24-12-8-9-13-26-22-40(26,36(50)44-57(52,53)39(6)16-17-39)42-32(47)30-21-27(23-45(30)35(49)31(25(2)20-24)41-37(51)56-38(3,4)5)55-33-28-14-10-11-15-29(28)34(48)46(43-33)18-19-54-7;;;/h9-11,13-15,24-27,30-31H,8,12,16-23H2,1-7H3,(H,41,51)(H,42,47)(H,44,50);3*1H/b13-9-;;;/t24-,25+,26+,27+,30-,31-,40+;;;/m0.../s1. The number of fused-ring (bicyclic) bond motifs is 3. The fourth-order valence-electron chi connectivity index (χ4n) is 7.81. The zero-order chi connectivity index (χ0) is 41.5. The van der Waals surface area contributed by atoms with Gasteiger partial charge in [-0.3, -0.25) is 23.9 Å². The Balaban J connectivity index is 0.00000320. The summed E-state index contributed by atoms with van der Waals surface area (Å²) < 4.78 is 46.1. The largest absolute Gasteiger partial charge is 0.471 e. The molecule has 0 radical (unpaired) electrons. The van der Waals surface area contributed by atoms with Gasteiger partial charge in [0, 0.05) is 23.7 Å². The number of ether oxygens (including phenoxy) is 3. The van der Waals surface area contributed by atoms with Crippen molar-refractivity contribution in [2.24, 2.45) is 17.8 Å². The van der Waals surface area contributed by atoms with Crippen LogP contribution in [0.4, 0.5) is 4.79 Å². The number of rotatable bonds is 9. The Morgan fingerprint density at radius 2 is 1.79 bits per heavy atom. The molecule has 0 unspecified atom stereocenters. The van der Waals surface area contributed by atoms with Gasteiger partial charge in [-0.25, -0.2) is 17.9 Å². The molecule has 16 nitrogen and oxygen atoms in total. The summed E-state index contributed by atoms with van der Waals surface area (Å²) in [6.45, 7) is 10.9. The zero-order valence-electron chi connectivity index (χ0n) is 33.8. The Kier molecular flexibility index (Phi) is 11.8. The first kappa shape index (κ1) is 42.1. The number of hydrogen-bond acceptors (Lipinski definition) is 11. The summed E-state index contributed by atoms with van der Waals surface area (Å²) in [5.74, 6) is -2.66. The number of amides is 4. The molecule has 3 fully saturated rings. The molecule has 17 heteroatoms. The van der Waals surface area contributed by atoms with E-state index in [1.165, 1.54) is 16.7 Å². The van der Waals surface area contributed by atoms with Crippen LogP contribution in [0.3, 0.4) is 0 Å². The number of carbonyl (C=O) groups excluding carboxylic acids is 4. The van der Waals surface area contributed by atoms with Gasteiger partial charge < -0.3 is 29.7 Å². The molecule has 318 valence electrons. The van der Waals surface area contributed by atoms with Crippen LogP contribution in [-0.2, 0) is 40.4 Å². The maximum atomic E-state index is 14.8. The molecule has 6 rings (SSSR count). The monoisotopic (exact) mass is 818 g/mol. The van der Waals surface area contributed by atoms with Crippen LogP contribution >= 0.6 is 0 Å². The molecule has 2 saturated carbocycles. The fraction of sp³-hybridized carbons (Fsp3) is 0.650. The molecule has 0 bridgehead atoms. The summed E-state index contributed by atoms with van der Waals surface area (Å²) >= 11 is 0. The molecular formula is C40H62N6O10S. The first-order chi connectivity index (χ1) is 26.8. The van der Waals surface area contributed by atoms with Crippen LogP contribution in [0.15, 0.2) is 41.2 Å². The molecule has 1 saturated heterocycles. The third kappa shape index (κ3) is 9.14. The van der Waals surface area contributed by atoms with E-state index in [9.17, 15) is 32.4 Å². The van der Waals surface area contributed by atoms with Crippen molar-refractivity contribution in [3.05, 3.63) is 46.8 Å². The second-order valence-electron chi connectivity index (χ2n) is 17.5. The normalized spacial score (nSPS) is 29.5. The second kappa shape index (κ2) is 16.0. The maximum Gasteiger partial charge on any atom is 0.408 e. The molecule has 3 heterocycles. The van der Waals surface area contributed by atoms with Crippen LogP contribution in [-0.4, -0.2) is 101 Å². The highest BCUT2D eigenvalue weighted by molar-refractivity contribution is 7.91. The first-order valence-corrected chi connectivity index (χ1v) is 21.3. The van der Waals surface area contributed by atoms with E-state index in [0.717, 1.165) is 6.42 Å². The minimum absolute atomic E-state index is 0. The molecule has 2 aliphatic carbocycles. The number of nitrogens with one attached hydrogen (secondary N) is 3. The van der Waals surface area contributed by atoms with Gasteiger partial charge in [-0.05, 0) is 90.2 Å². The predicted molar refractivity (Wildman–Crippen MR) is 217 cm³/mol. The van der Waals surface area contributed by atoms with Crippen molar-refractivity contribution in [1.82, 2.24) is 30.0 Å². The molecule has 1 aromatic carbocycles. The van der Waals surface area contributed by atoms with Crippen molar-refractivity contribution >= 4 is 44.6 Å². The van der Waals surface area contributed by atoms with Crippen LogP contribution in [0, 0.1) is 17.8 Å². The second-order valence-corrected chi connectivity index (χ2v) is 19.7. The van der Waals surface area contributed by atoms with E-state index < -0.39 is 73.8 Å². The van der Waals surface area contributed by atoms with Gasteiger partial charge in [0.25, 0.3) is 11.5 Å². The van der Waals surface area contributed by atoms with E-state index >= 15 is 0 Å². The van der Waals surface area contributed by atoms with Crippen molar-refractivity contribution in [1.29, 1.82) is 0 Å². The molecule has 2 aromatic rings. The van der Waals surface area contributed by atoms with Crippen molar-refractivity contribution in [2.75, 3.05) is 20.3 Å². The third-order valence-electron chi connectivity index (χ3n) is 11.5. The van der Waals surface area contributed by atoms with Crippen molar-refractivity contribution in [2.45, 2.75) is 127 Å². The van der Waals surface area contributed by atoms with Crippen LogP contribution in [0.5, 0.6) is 5.88 Å². The summed E-state index contributed by atoms with van der Waals surface area (Å²) in [5, 5.41) is 11.0. The highest BCUT2D eigenvalue weighted by Gasteiger charge is 2.63. The van der Waals surface area contributed by atoms with Crippen LogP contribution in [0.1, 0.15) is 90.8 Å². The van der Waals surface area contributed by atoms with E-state index in [4.69, 9.17) is 14.2 Å². The minimum Gasteiger partial charge on any atom is -0.471 e. The molecule has 57 heavy (non-hydrogen) atoms. The number of nitrogens with zero attached hydrogens (tertiary/aromatic N) is 3. The lowest BCUT2D eigenvalue weighted by Gasteiger charge is -2.33. The molecule has 4 amide bonds. The summed E-state index contributed by atoms with van der Waals surface area (Å²) in [7, 11) is -2.51. The van der Waals surface area contributed by atoms with Gasteiger partial charge >= 0.3 is 6.09 Å². The van der Waals surface area contributed by atoms with Crippen LogP contribution < -0.4 is 25.7 Å². The lowest BCUT2D eigenvalue weighted by atomic mass is 9.88. The van der Waals surface area contributed by atoms with E-state index in [0.29, 0.717) is 36.5 Å². The number of benzene rings is 1. The number of carbonyl (C=O) groups is 4. The van der Waals surface area contributed by atoms with Crippen molar-refractivity contribution < 1.29 is 46.1 Å². The average molecular weight is 819 g/mol. The van der Waals surface area contributed by atoms with Gasteiger partial charge in [-0.2, -0.15) is 0 Å². The lowest BCUT2D eigenvalue weighted by Crippen LogP contribution is -2.59. The molecular weight excluding hydrogens is 757 g/mol. The van der Waals surface area contributed by atoms with Gasteiger partial charge in [-0.1, -0.05) is 38.1 Å². The van der Waals surface area contributed by atoms with E-state index in [-0.39, 0.29) is 60.1 Å². The third-order valence-corrected chi connectivity index (χ3v) is 13.7. The molecule has 2 aliphatic heterocycles. The van der Waals surface area contributed by atoms with E-state index in [2.05, 4.69) is 27.4 Å². The molecule has 3 N–H and O–H groups in total. The van der Waals surface area contributed by atoms with Crippen molar-refractivity contribution in [3.63, 3.8) is 0 Å². The fourth-order valence-corrected chi connectivity index (χ4v) is 9.12. The summed E-state index contributed by atoms with van der Waals surface area (Å²) in [6, 6.07) is 4.55. The predicted octanol–water partition coefficient (Wildman–Crippen LogP) is 3.91. The lowest BCUT2D eigenvalue weighted by molar-refractivity contribution is -0.142. The maximum absolute atomic E-state index is 14.8. The van der Waals surface area contributed by atoms with Crippen molar-refractivity contribution in [3.8, 4) is 5.88 Å². The summed E-state index contributed by atoms with van der Waals surface area (Å²) in [6.07, 6.45) is 5.12. The number of methoxy groups -OCH3 is 1. The Hall–Kier alpha value is -4.51. The number of allylic oxidation sites excluding steroid dienone is 1. The quantitative estimate of drug-likeness (QED) is 0.310. The number of sulfonamides is 1. The van der Waals surface area contributed by atoms with Crippen LogP contribution in [0.2, 0.25) is 0 Å². The van der Waals surface area contributed by atoms with Crippen LogP contribution in [0.25, 0.3) is 10.8 Å². The molecule has 7 atom stereocenters. The zero-order valence-corrected chi connectivity index (χ0v) is 34.6. The molecule has 1 aromatic heterocycles. The molecule has 4 aliphatic rings. The highest BCUT2D eigenvalue weighted by Crippen LogP contribution is 2.47. The van der Waals surface area contributed by atoms with Gasteiger partial charge in [0.15, 0.2) is 0 Å². The highest BCUT2D eigenvalue weighted by atomic mass is 32.2. The smallest absolute Gasteiger partial charge is 0.408 e.